The Labute approximate surface area is 266 Å². The molecule has 44 heavy (non-hydrogen) atoms. The van der Waals surface area contributed by atoms with Gasteiger partial charge in [0.15, 0.2) is 17.5 Å². The Balaban J connectivity index is 1.34. The summed E-state index contributed by atoms with van der Waals surface area (Å²) < 4.78 is 58.4. The molecule has 0 aliphatic heterocycles. The van der Waals surface area contributed by atoms with Gasteiger partial charge in [0, 0.05) is 53.3 Å². The number of hydrogen-bond acceptors (Lipinski definition) is 4. The smallest absolute Gasteiger partial charge is 0.164 e. The number of aromatic nitrogens is 4. The first-order valence-electron chi connectivity index (χ1n) is 17.1. The first-order valence-corrected chi connectivity index (χ1v) is 15.0. The SMILES string of the molecule is [2H]c1c(-n2c3ccccc3c3ccccc32)c([2H])c2c(sc3c([2H])c(-c4nc(-c5ccccc5)nc(-c5ccccc5)n4)c([2H])c([2H])c32)c1[2H]. The molecule has 9 rings (SSSR count). The fraction of sp³-hybridized carbons (Fsp3) is 0. The van der Waals surface area contributed by atoms with Crippen LogP contribution in [0.1, 0.15) is 8.22 Å². The average Bonchev–Trinajstić information content (AvgIpc) is 3.72. The first kappa shape index (κ1) is 19.5. The van der Waals surface area contributed by atoms with Crippen LogP contribution < -0.4 is 0 Å². The van der Waals surface area contributed by atoms with Gasteiger partial charge in [-0.25, -0.2) is 15.0 Å². The van der Waals surface area contributed by atoms with Gasteiger partial charge in [0.2, 0.25) is 0 Å². The van der Waals surface area contributed by atoms with E-state index < -0.39 is 0 Å². The Morgan fingerprint density at radius 1 is 0.455 bits per heavy atom. The van der Waals surface area contributed by atoms with Gasteiger partial charge in [0.25, 0.3) is 0 Å². The Kier molecular flexibility index (Phi) is 4.42. The highest BCUT2D eigenvalue weighted by atomic mass is 32.1. The molecule has 0 atom stereocenters. The van der Waals surface area contributed by atoms with Crippen LogP contribution in [0.3, 0.4) is 0 Å². The topological polar surface area (TPSA) is 43.6 Å². The minimum atomic E-state index is -0.259. The number of para-hydroxylation sites is 2. The van der Waals surface area contributed by atoms with Gasteiger partial charge in [0.1, 0.15) is 0 Å². The molecule has 5 heteroatoms. The Bertz CT molecular complexity index is 2720. The molecule has 0 N–H and O–H groups in total. The van der Waals surface area contributed by atoms with Gasteiger partial charge in [-0.1, -0.05) is 109 Å². The molecule has 0 radical (unpaired) electrons. The zero-order valence-electron chi connectivity index (χ0n) is 29.1. The van der Waals surface area contributed by atoms with E-state index in [1.165, 1.54) is 0 Å². The summed E-state index contributed by atoms with van der Waals surface area (Å²) >= 11 is 1.09. The normalized spacial score (nSPS) is 13.5. The predicted octanol–water partition coefficient (Wildman–Crippen LogP) is 10.3. The molecule has 0 spiro atoms. The van der Waals surface area contributed by atoms with Crippen molar-refractivity contribution in [3.8, 4) is 39.9 Å². The molecule has 6 aromatic carbocycles. The molecule has 0 saturated carbocycles. The highest BCUT2D eigenvalue weighted by molar-refractivity contribution is 7.25. The molecular formula is C39H24N4S. The maximum Gasteiger partial charge on any atom is 0.164 e. The molecule has 9 aromatic rings. The monoisotopic (exact) mass is 586 g/mol. The quantitative estimate of drug-likeness (QED) is 0.206. The van der Waals surface area contributed by atoms with E-state index in [1.807, 2.05) is 114 Å². The van der Waals surface area contributed by atoms with Crippen molar-refractivity contribution in [3.05, 3.63) is 145 Å². The van der Waals surface area contributed by atoms with E-state index in [0.29, 0.717) is 21.0 Å². The fourth-order valence-corrected chi connectivity index (χ4v) is 6.66. The molecule has 0 saturated heterocycles. The van der Waals surface area contributed by atoms with Crippen molar-refractivity contribution in [2.45, 2.75) is 0 Å². The first-order chi connectivity index (χ1) is 24.3. The van der Waals surface area contributed by atoms with Crippen LogP contribution in [0.15, 0.2) is 145 Å². The lowest BCUT2D eigenvalue weighted by molar-refractivity contribution is 1.07. The molecule has 3 aromatic heterocycles. The zero-order chi connectivity index (χ0) is 34.3. The number of nitrogens with zero attached hydrogens (tertiary/aromatic N) is 4. The van der Waals surface area contributed by atoms with Gasteiger partial charge in [0.05, 0.1) is 19.3 Å². The summed E-state index contributed by atoms with van der Waals surface area (Å²) in [5.41, 5.74) is 3.35. The summed E-state index contributed by atoms with van der Waals surface area (Å²) in [5, 5.41) is 2.44. The van der Waals surface area contributed by atoms with Crippen LogP contribution in [0, 0.1) is 0 Å². The van der Waals surface area contributed by atoms with Crippen LogP contribution in [-0.2, 0) is 0 Å². The number of rotatable bonds is 4. The van der Waals surface area contributed by atoms with E-state index in [-0.39, 0.29) is 64.1 Å². The largest absolute Gasteiger partial charge is 0.309 e. The number of fused-ring (bicyclic) bond motifs is 6. The summed E-state index contributed by atoms with van der Waals surface area (Å²) in [7, 11) is 0. The molecule has 0 aliphatic carbocycles. The second-order valence-corrected chi connectivity index (χ2v) is 11.4. The van der Waals surface area contributed by atoms with Crippen molar-refractivity contribution in [2.75, 3.05) is 0 Å². The molecule has 0 aliphatic rings. The number of hydrogen-bond donors (Lipinski definition) is 0. The third-order valence-corrected chi connectivity index (χ3v) is 8.74. The minimum absolute atomic E-state index is 0.0308. The average molecular weight is 587 g/mol. The lowest BCUT2D eigenvalue weighted by Gasteiger charge is -2.09. The molecule has 4 nitrogen and oxygen atoms in total. The summed E-state index contributed by atoms with van der Waals surface area (Å²) in [6, 6.07) is 33.6. The van der Waals surface area contributed by atoms with Crippen molar-refractivity contribution < 1.29 is 8.22 Å². The standard InChI is InChI=1S/C39H24N4S/c1-3-11-25(12-4-1)37-40-38(26-13-5-2-6-14-26)42-39(41-37)27-19-21-31-32-24-28(20-22-35(32)44-36(31)23-27)43-33-17-9-7-15-29(33)30-16-8-10-18-34(30)43/h1-24H/i19D,20D,21D,22D,23D,24D. The van der Waals surface area contributed by atoms with E-state index in [2.05, 4.69) is 0 Å². The van der Waals surface area contributed by atoms with Crippen molar-refractivity contribution in [1.82, 2.24) is 19.5 Å². The number of thiophene rings is 1. The van der Waals surface area contributed by atoms with Crippen molar-refractivity contribution in [1.29, 1.82) is 0 Å². The van der Waals surface area contributed by atoms with Crippen molar-refractivity contribution in [3.63, 3.8) is 0 Å². The van der Waals surface area contributed by atoms with Crippen LogP contribution in [0.2, 0.25) is 0 Å². The van der Waals surface area contributed by atoms with E-state index in [9.17, 15) is 6.85 Å². The van der Waals surface area contributed by atoms with Crippen LogP contribution in [0.4, 0.5) is 0 Å². The van der Waals surface area contributed by atoms with Gasteiger partial charge in [-0.2, -0.15) is 0 Å². The maximum atomic E-state index is 9.55. The summed E-state index contributed by atoms with van der Waals surface area (Å²) in [5.74, 6) is 0.824. The lowest BCUT2D eigenvalue weighted by atomic mass is 10.1. The van der Waals surface area contributed by atoms with Gasteiger partial charge >= 0.3 is 0 Å². The maximum absolute atomic E-state index is 9.55. The molecule has 0 amide bonds. The molecule has 206 valence electrons. The molecule has 3 heterocycles. The summed E-state index contributed by atoms with van der Waals surface area (Å²) in [6.45, 7) is 0. The third-order valence-electron chi connectivity index (χ3n) is 7.72. The van der Waals surface area contributed by atoms with E-state index in [4.69, 9.17) is 16.3 Å². The predicted molar refractivity (Wildman–Crippen MR) is 183 cm³/mol. The Morgan fingerprint density at radius 2 is 1.00 bits per heavy atom. The van der Waals surface area contributed by atoms with Gasteiger partial charge < -0.3 is 4.57 Å². The summed E-state index contributed by atoms with van der Waals surface area (Å²) in [4.78, 5) is 14.2. The van der Waals surface area contributed by atoms with Gasteiger partial charge in [-0.05, 0) is 36.3 Å². The van der Waals surface area contributed by atoms with Crippen molar-refractivity contribution >= 4 is 53.3 Å². The van der Waals surface area contributed by atoms with E-state index in [1.54, 1.807) is 0 Å². The van der Waals surface area contributed by atoms with Crippen LogP contribution >= 0.6 is 11.3 Å². The second-order valence-electron chi connectivity index (χ2n) is 10.4. The third kappa shape index (κ3) is 4.02. The van der Waals surface area contributed by atoms with E-state index >= 15 is 0 Å². The van der Waals surface area contributed by atoms with Crippen LogP contribution in [0.25, 0.3) is 81.8 Å². The molecule has 0 unspecified atom stereocenters. The number of benzene rings is 6. The van der Waals surface area contributed by atoms with Crippen molar-refractivity contribution in [2.24, 2.45) is 0 Å². The fourth-order valence-electron chi connectivity index (χ4n) is 5.69. The lowest BCUT2D eigenvalue weighted by Crippen LogP contribution is -1.99. The van der Waals surface area contributed by atoms with Crippen LogP contribution in [-0.4, -0.2) is 19.5 Å². The molecular weight excluding hydrogens is 557 g/mol. The highest BCUT2D eigenvalue weighted by Crippen LogP contribution is 2.39. The minimum Gasteiger partial charge on any atom is -0.309 e. The Morgan fingerprint density at radius 3 is 1.61 bits per heavy atom. The second kappa shape index (κ2) is 9.97. The Hall–Kier alpha value is -5.65. The zero-order valence-corrected chi connectivity index (χ0v) is 23.9. The van der Waals surface area contributed by atoms with Gasteiger partial charge in [-0.15, -0.1) is 11.3 Å². The highest BCUT2D eigenvalue weighted by Gasteiger charge is 2.16. The summed E-state index contributed by atoms with van der Waals surface area (Å²) in [6.07, 6.45) is 0. The molecule has 0 bridgehead atoms. The van der Waals surface area contributed by atoms with Crippen LogP contribution in [0.5, 0.6) is 0 Å². The van der Waals surface area contributed by atoms with E-state index in [0.717, 1.165) is 44.3 Å². The van der Waals surface area contributed by atoms with Gasteiger partial charge in [-0.3, -0.25) is 0 Å². The molecule has 0 fully saturated rings.